The Bertz CT molecular complexity index is 764. The van der Waals surface area contributed by atoms with E-state index in [1.165, 1.54) is 4.90 Å². The largest absolute Gasteiger partial charge is 0.332 e. The van der Waals surface area contributed by atoms with Crippen LogP contribution in [0.3, 0.4) is 0 Å². The predicted molar refractivity (Wildman–Crippen MR) is 105 cm³/mol. The minimum absolute atomic E-state index is 0.0110. The van der Waals surface area contributed by atoms with Crippen molar-refractivity contribution in [2.45, 2.75) is 20.8 Å². The van der Waals surface area contributed by atoms with E-state index in [0.717, 1.165) is 25.9 Å². The summed E-state index contributed by atoms with van der Waals surface area (Å²) in [7, 11) is 1.64. The van der Waals surface area contributed by atoms with Crippen LogP contribution in [0.2, 0.25) is 0 Å². The lowest BCUT2D eigenvalue weighted by Gasteiger charge is -2.18. The van der Waals surface area contributed by atoms with Gasteiger partial charge in [0.25, 0.3) is 5.91 Å². The molecule has 0 aliphatic rings. The Labute approximate surface area is 156 Å². The van der Waals surface area contributed by atoms with Crippen LogP contribution in [0.1, 0.15) is 27.0 Å². The molecule has 2 aromatic carbocycles. The Balaban J connectivity index is 2.06. The molecule has 2 aromatic rings. The number of likely N-dealkylation sites (N-methyl/N-ethyl adjacent to an activating group) is 1. The maximum absolute atomic E-state index is 12.4. The van der Waals surface area contributed by atoms with E-state index in [0.29, 0.717) is 5.56 Å². The Morgan fingerprint density at radius 2 is 1.71 bits per heavy atom. The third-order valence-electron chi connectivity index (χ3n) is 3.74. The topological polar surface area (TPSA) is 49.4 Å². The lowest BCUT2D eigenvalue weighted by Crippen LogP contribution is -2.35. The molecule has 0 aromatic heterocycles. The van der Waals surface area contributed by atoms with Crippen molar-refractivity contribution in [1.82, 2.24) is 4.90 Å². The minimum Gasteiger partial charge on any atom is -0.332 e. The van der Waals surface area contributed by atoms with Crippen molar-refractivity contribution >= 4 is 40.1 Å². The highest BCUT2D eigenvalue weighted by Crippen LogP contribution is 2.21. The first-order valence-electron chi connectivity index (χ1n) is 7.66. The van der Waals surface area contributed by atoms with Gasteiger partial charge in [-0.15, -0.1) is 0 Å². The molecule has 0 aliphatic carbocycles. The molecule has 0 bridgehead atoms. The van der Waals surface area contributed by atoms with E-state index < -0.39 is 0 Å². The van der Waals surface area contributed by atoms with Gasteiger partial charge in [-0.2, -0.15) is 0 Å². The van der Waals surface area contributed by atoms with Gasteiger partial charge in [0.2, 0.25) is 5.91 Å². The molecular formula is C19H21IN2O2. The second kappa shape index (κ2) is 7.79. The number of carbonyl (C=O) groups is 2. The fraction of sp³-hybridized carbons (Fsp3) is 0.263. The molecule has 1 N–H and O–H groups in total. The molecule has 5 heteroatoms. The van der Waals surface area contributed by atoms with E-state index in [4.69, 9.17) is 0 Å². The quantitative estimate of drug-likeness (QED) is 0.739. The number of amides is 2. The normalized spacial score (nSPS) is 10.4. The standard InChI is InChI=1S/C19H21IN2O2/c1-12-8-13(2)18(14(3)9-12)21-17(23)11-22(4)19(24)15-6-5-7-16(20)10-15/h5-10H,11H2,1-4H3,(H,21,23). The smallest absolute Gasteiger partial charge is 0.254 e. The van der Waals surface area contributed by atoms with E-state index in [1.807, 2.05) is 51.1 Å². The highest BCUT2D eigenvalue weighted by atomic mass is 127. The Hall–Kier alpha value is -1.89. The van der Waals surface area contributed by atoms with Crippen LogP contribution in [0.15, 0.2) is 36.4 Å². The number of rotatable bonds is 4. The summed E-state index contributed by atoms with van der Waals surface area (Å²) in [5.74, 6) is -0.368. The van der Waals surface area contributed by atoms with Crippen LogP contribution in [0.5, 0.6) is 0 Å². The number of nitrogens with zero attached hydrogens (tertiary/aromatic N) is 1. The fourth-order valence-corrected chi connectivity index (χ4v) is 3.23. The van der Waals surface area contributed by atoms with Crippen molar-refractivity contribution in [3.8, 4) is 0 Å². The molecule has 0 atom stereocenters. The SMILES string of the molecule is Cc1cc(C)c(NC(=O)CN(C)C(=O)c2cccc(I)c2)c(C)c1. The van der Waals surface area contributed by atoms with E-state index in [2.05, 4.69) is 27.9 Å². The average molecular weight is 436 g/mol. The van der Waals surface area contributed by atoms with Crippen molar-refractivity contribution < 1.29 is 9.59 Å². The molecule has 0 spiro atoms. The lowest BCUT2D eigenvalue weighted by molar-refractivity contribution is -0.116. The summed E-state index contributed by atoms with van der Waals surface area (Å²) in [6, 6.07) is 11.4. The predicted octanol–water partition coefficient (Wildman–Crippen LogP) is 3.93. The molecule has 2 amide bonds. The summed E-state index contributed by atoms with van der Waals surface area (Å²) in [4.78, 5) is 26.1. The second-order valence-corrected chi connectivity index (χ2v) is 7.24. The van der Waals surface area contributed by atoms with Gasteiger partial charge in [0.15, 0.2) is 0 Å². The van der Waals surface area contributed by atoms with Gasteiger partial charge in [0, 0.05) is 21.9 Å². The van der Waals surface area contributed by atoms with Gasteiger partial charge in [0.05, 0.1) is 6.54 Å². The van der Waals surface area contributed by atoms with Crippen LogP contribution in [-0.4, -0.2) is 30.3 Å². The number of anilines is 1. The molecule has 0 saturated heterocycles. The fourth-order valence-electron chi connectivity index (χ4n) is 2.69. The van der Waals surface area contributed by atoms with Gasteiger partial charge in [0.1, 0.15) is 0 Å². The molecule has 4 nitrogen and oxygen atoms in total. The van der Waals surface area contributed by atoms with E-state index >= 15 is 0 Å². The minimum atomic E-state index is -0.202. The number of hydrogen-bond acceptors (Lipinski definition) is 2. The summed E-state index contributed by atoms with van der Waals surface area (Å²) >= 11 is 2.16. The van der Waals surface area contributed by atoms with Crippen LogP contribution < -0.4 is 5.32 Å². The van der Waals surface area contributed by atoms with Crippen molar-refractivity contribution in [3.63, 3.8) is 0 Å². The molecule has 0 fully saturated rings. The highest BCUT2D eigenvalue weighted by Gasteiger charge is 2.16. The van der Waals surface area contributed by atoms with Crippen molar-refractivity contribution in [3.05, 3.63) is 62.2 Å². The second-order valence-electron chi connectivity index (χ2n) is 5.99. The number of benzene rings is 2. The molecular weight excluding hydrogens is 415 g/mol. The summed E-state index contributed by atoms with van der Waals surface area (Å²) in [6.45, 7) is 5.98. The van der Waals surface area contributed by atoms with Gasteiger partial charge in [-0.05, 0) is 72.7 Å². The first kappa shape index (κ1) is 18.4. The summed E-state index contributed by atoms with van der Waals surface area (Å²) < 4.78 is 0.988. The van der Waals surface area contributed by atoms with Gasteiger partial charge >= 0.3 is 0 Å². The van der Waals surface area contributed by atoms with E-state index in [-0.39, 0.29) is 18.4 Å². The zero-order valence-corrected chi connectivity index (χ0v) is 16.5. The number of aryl methyl sites for hydroxylation is 3. The van der Waals surface area contributed by atoms with Gasteiger partial charge in [-0.25, -0.2) is 0 Å². The zero-order valence-electron chi connectivity index (χ0n) is 14.3. The summed E-state index contributed by atoms with van der Waals surface area (Å²) in [6.07, 6.45) is 0. The maximum Gasteiger partial charge on any atom is 0.254 e. The van der Waals surface area contributed by atoms with Crippen LogP contribution in [0.4, 0.5) is 5.69 Å². The van der Waals surface area contributed by atoms with Crippen LogP contribution in [0, 0.1) is 24.3 Å². The molecule has 0 radical (unpaired) electrons. The first-order chi connectivity index (χ1) is 11.3. The third-order valence-corrected chi connectivity index (χ3v) is 4.41. The molecule has 126 valence electrons. The summed E-state index contributed by atoms with van der Waals surface area (Å²) in [5.41, 5.74) is 4.61. The Morgan fingerprint density at radius 1 is 1.08 bits per heavy atom. The number of hydrogen-bond donors (Lipinski definition) is 1. The molecule has 24 heavy (non-hydrogen) atoms. The summed E-state index contributed by atoms with van der Waals surface area (Å²) in [5, 5.41) is 2.92. The Morgan fingerprint density at radius 3 is 2.29 bits per heavy atom. The monoisotopic (exact) mass is 436 g/mol. The van der Waals surface area contributed by atoms with Crippen molar-refractivity contribution in [2.24, 2.45) is 0 Å². The Kier molecular flexibility index (Phi) is 5.99. The van der Waals surface area contributed by atoms with Crippen molar-refractivity contribution in [2.75, 3.05) is 18.9 Å². The van der Waals surface area contributed by atoms with Crippen LogP contribution >= 0.6 is 22.6 Å². The van der Waals surface area contributed by atoms with E-state index in [9.17, 15) is 9.59 Å². The maximum atomic E-state index is 12.4. The van der Waals surface area contributed by atoms with Crippen LogP contribution in [0.25, 0.3) is 0 Å². The lowest BCUT2D eigenvalue weighted by atomic mass is 10.1. The van der Waals surface area contributed by atoms with Gasteiger partial charge in [-0.3, -0.25) is 9.59 Å². The molecule has 0 heterocycles. The van der Waals surface area contributed by atoms with Gasteiger partial charge < -0.3 is 10.2 Å². The average Bonchev–Trinajstić information content (AvgIpc) is 2.50. The number of nitrogens with one attached hydrogen (secondary N) is 1. The van der Waals surface area contributed by atoms with E-state index in [1.54, 1.807) is 13.1 Å². The molecule has 2 rings (SSSR count). The first-order valence-corrected chi connectivity index (χ1v) is 8.74. The highest BCUT2D eigenvalue weighted by molar-refractivity contribution is 14.1. The molecule has 0 unspecified atom stereocenters. The molecule has 0 aliphatic heterocycles. The third kappa shape index (κ3) is 4.56. The number of carbonyl (C=O) groups excluding carboxylic acids is 2. The zero-order chi connectivity index (χ0) is 17.9. The number of halogens is 1. The van der Waals surface area contributed by atoms with Crippen molar-refractivity contribution in [1.29, 1.82) is 0 Å². The van der Waals surface area contributed by atoms with Gasteiger partial charge in [-0.1, -0.05) is 23.8 Å². The molecule has 0 saturated carbocycles. The van der Waals surface area contributed by atoms with Crippen LogP contribution in [-0.2, 0) is 4.79 Å².